The van der Waals surface area contributed by atoms with Crippen LogP contribution in [0.2, 0.25) is 0 Å². The Bertz CT molecular complexity index is 744. The topological polar surface area (TPSA) is 93.7 Å². The zero-order valence-electron chi connectivity index (χ0n) is 11.7. The van der Waals surface area contributed by atoms with E-state index in [1.54, 1.807) is 6.20 Å². The number of carbonyl (C=O) groups is 1. The molecule has 4 N–H and O–H groups in total. The fourth-order valence-corrected chi connectivity index (χ4v) is 2.89. The number of aliphatic carboxylic acids is 1. The summed E-state index contributed by atoms with van der Waals surface area (Å²) in [6.45, 7) is 2.76. The van der Waals surface area contributed by atoms with Gasteiger partial charge in [-0.2, -0.15) is 0 Å². The van der Waals surface area contributed by atoms with Gasteiger partial charge in [0, 0.05) is 6.92 Å². The lowest BCUT2D eigenvalue weighted by molar-refractivity contribution is -0.805. The van der Waals surface area contributed by atoms with E-state index in [2.05, 4.69) is 5.32 Å². The second-order valence-corrected chi connectivity index (χ2v) is 5.75. The number of anilines is 1. The van der Waals surface area contributed by atoms with Crippen LogP contribution in [0, 0.1) is 0 Å². The molecule has 2 heterocycles. The lowest BCUT2D eigenvalue weighted by Crippen LogP contribution is -2.75. The normalized spacial score (nSPS) is 31.5. The monoisotopic (exact) mass is 289 g/mol. The molecule has 0 bridgehead atoms. The largest absolute Gasteiger partial charge is 0.478 e. The van der Waals surface area contributed by atoms with Crippen LogP contribution < -0.4 is 9.88 Å². The Kier molecular flexibility index (Phi) is 2.73. The first-order valence-electron chi connectivity index (χ1n) is 6.64. The van der Waals surface area contributed by atoms with Crippen molar-refractivity contribution in [2.75, 3.05) is 5.32 Å². The van der Waals surface area contributed by atoms with Crippen LogP contribution in [0.25, 0.3) is 10.8 Å². The van der Waals surface area contributed by atoms with Crippen molar-refractivity contribution in [3.05, 3.63) is 36.5 Å². The molecular formula is C15H17N2O4+. The van der Waals surface area contributed by atoms with Gasteiger partial charge in [-0.05, 0) is 24.4 Å². The summed E-state index contributed by atoms with van der Waals surface area (Å²) in [5.74, 6) is -0.761. The number of carboxylic acids is 1. The summed E-state index contributed by atoms with van der Waals surface area (Å²) in [5, 5.41) is 35.0. The Labute approximate surface area is 121 Å². The predicted molar refractivity (Wildman–Crippen MR) is 75.7 cm³/mol. The van der Waals surface area contributed by atoms with Gasteiger partial charge in [-0.1, -0.05) is 18.2 Å². The number of hydrogen-bond donors (Lipinski definition) is 4. The molecule has 0 radical (unpaired) electrons. The molecule has 2 aromatic rings. The summed E-state index contributed by atoms with van der Waals surface area (Å²) in [4.78, 5) is 11.6. The highest BCUT2D eigenvalue weighted by molar-refractivity contribution is 5.93. The third-order valence-corrected chi connectivity index (χ3v) is 4.23. The molecule has 6 nitrogen and oxygen atoms in total. The molecule has 3 atom stereocenters. The molecule has 1 aliphatic heterocycles. The first-order valence-corrected chi connectivity index (χ1v) is 6.64. The lowest BCUT2D eigenvalue weighted by Gasteiger charge is -2.40. The Morgan fingerprint density at radius 3 is 2.62 bits per heavy atom. The molecule has 0 saturated heterocycles. The molecular weight excluding hydrogens is 272 g/mol. The van der Waals surface area contributed by atoms with E-state index in [0.717, 1.165) is 10.8 Å². The van der Waals surface area contributed by atoms with Crippen LogP contribution in [0.1, 0.15) is 13.8 Å². The number of aromatic nitrogens is 1. The number of carboxylic acid groups (broad SMARTS) is 1. The van der Waals surface area contributed by atoms with Crippen molar-refractivity contribution in [2.24, 2.45) is 0 Å². The van der Waals surface area contributed by atoms with Crippen molar-refractivity contribution in [1.82, 2.24) is 0 Å². The molecule has 110 valence electrons. The molecule has 3 rings (SSSR count). The minimum absolute atomic E-state index is 0.466. The number of hydrogen-bond acceptors (Lipinski definition) is 4. The number of fused-ring (bicyclic) bond motifs is 3. The maximum atomic E-state index is 11.6. The zero-order valence-corrected chi connectivity index (χ0v) is 11.7. The molecule has 0 spiro atoms. The third kappa shape index (κ3) is 1.73. The van der Waals surface area contributed by atoms with Gasteiger partial charge in [0.25, 0.3) is 5.82 Å². The van der Waals surface area contributed by atoms with Gasteiger partial charge < -0.3 is 15.3 Å². The zero-order chi connectivity index (χ0) is 15.4. The number of aliphatic hydroxyl groups excluding tert-OH is 1. The van der Waals surface area contributed by atoms with E-state index in [1.807, 2.05) is 30.3 Å². The Morgan fingerprint density at radius 2 is 1.95 bits per heavy atom. The van der Waals surface area contributed by atoms with Gasteiger partial charge in [0.15, 0.2) is 6.10 Å². The third-order valence-electron chi connectivity index (χ3n) is 4.23. The first-order chi connectivity index (χ1) is 9.78. The van der Waals surface area contributed by atoms with Crippen LogP contribution in [0.5, 0.6) is 0 Å². The summed E-state index contributed by atoms with van der Waals surface area (Å²) < 4.78 is 1.46. The quantitative estimate of drug-likeness (QED) is 0.571. The highest BCUT2D eigenvalue weighted by Gasteiger charge is 2.60. The average Bonchev–Trinajstić information content (AvgIpc) is 2.45. The van der Waals surface area contributed by atoms with Gasteiger partial charge in [0.2, 0.25) is 11.3 Å². The van der Waals surface area contributed by atoms with Gasteiger partial charge in [-0.3, -0.25) is 5.32 Å². The Balaban J connectivity index is 2.34. The van der Waals surface area contributed by atoms with Gasteiger partial charge in [0.1, 0.15) is 0 Å². The number of benzene rings is 1. The van der Waals surface area contributed by atoms with E-state index in [1.165, 1.54) is 18.4 Å². The molecule has 21 heavy (non-hydrogen) atoms. The van der Waals surface area contributed by atoms with Crippen molar-refractivity contribution in [2.45, 2.75) is 31.2 Å². The van der Waals surface area contributed by atoms with Crippen LogP contribution in [-0.2, 0) is 10.5 Å². The van der Waals surface area contributed by atoms with Crippen LogP contribution in [0.4, 0.5) is 5.82 Å². The highest BCUT2D eigenvalue weighted by atomic mass is 16.4. The maximum absolute atomic E-state index is 11.6. The number of pyridine rings is 1. The van der Waals surface area contributed by atoms with Crippen LogP contribution in [0.3, 0.4) is 0 Å². The SMILES string of the molecule is C[C@]1(C(=O)O)Nc2c3ccccc3cc[n+]2[C@](C)(O)[C@@H]1O. The predicted octanol–water partition coefficient (Wildman–Crippen LogP) is 0.422. The highest BCUT2D eigenvalue weighted by Crippen LogP contribution is 2.34. The van der Waals surface area contributed by atoms with E-state index >= 15 is 0 Å². The number of rotatable bonds is 1. The van der Waals surface area contributed by atoms with Crippen molar-refractivity contribution in [3.63, 3.8) is 0 Å². The summed E-state index contributed by atoms with van der Waals surface area (Å²) in [6, 6.07) is 9.26. The minimum atomic E-state index is -1.74. The second kappa shape index (κ2) is 4.16. The molecule has 1 aliphatic rings. The van der Waals surface area contributed by atoms with E-state index in [9.17, 15) is 20.1 Å². The van der Waals surface area contributed by atoms with E-state index in [-0.39, 0.29) is 0 Å². The van der Waals surface area contributed by atoms with Gasteiger partial charge in [0.05, 0.1) is 11.6 Å². The summed E-state index contributed by atoms with van der Waals surface area (Å²) in [5.41, 5.74) is -3.43. The molecule has 0 aliphatic carbocycles. The maximum Gasteiger partial charge on any atom is 0.354 e. The fraction of sp³-hybridized carbons (Fsp3) is 0.333. The number of aliphatic hydroxyl groups is 2. The average molecular weight is 289 g/mol. The minimum Gasteiger partial charge on any atom is -0.478 e. The van der Waals surface area contributed by atoms with Crippen LogP contribution >= 0.6 is 0 Å². The molecule has 0 unspecified atom stereocenters. The fourth-order valence-electron chi connectivity index (χ4n) is 2.89. The summed E-state index contributed by atoms with van der Waals surface area (Å²) >= 11 is 0. The van der Waals surface area contributed by atoms with Crippen molar-refractivity contribution in [1.29, 1.82) is 0 Å². The van der Waals surface area contributed by atoms with E-state index in [0.29, 0.717) is 5.82 Å². The molecule has 0 amide bonds. The second-order valence-electron chi connectivity index (χ2n) is 5.75. The Morgan fingerprint density at radius 1 is 1.29 bits per heavy atom. The first kappa shape index (κ1) is 13.8. The molecule has 1 aromatic carbocycles. The summed E-state index contributed by atoms with van der Waals surface area (Å²) in [6.07, 6.45) is 0.121. The van der Waals surface area contributed by atoms with Crippen LogP contribution in [-0.4, -0.2) is 32.9 Å². The van der Waals surface area contributed by atoms with Gasteiger partial charge in [-0.15, -0.1) is 0 Å². The van der Waals surface area contributed by atoms with E-state index in [4.69, 9.17) is 0 Å². The smallest absolute Gasteiger partial charge is 0.354 e. The van der Waals surface area contributed by atoms with Crippen molar-refractivity contribution in [3.8, 4) is 0 Å². The molecule has 0 fully saturated rings. The van der Waals surface area contributed by atoms with Gasteiger partial charge in [-0.25, -0.2) is 9.36 Å². The van der Waals surface area contributed by atoms with Gasteiger partial charge >= 0.3 is 5.97 Å². The summed E-state index contributed by atoms with van der Waals surface area (Å²) in [7, 11) is 0. The standard InChI is InChI=1S/C15H16N2O4/c1-14(13(19)20)12(18)15(2,21)17-8-7-9-5-3-4-6-10(9)11(17)16-14/h3-8,12,18,21H,1-2H3,(H,19,20)/p+1/t12-,14+,15-/m1/s1. The molecule has 1 aromatic heterocycles. The van der Waals surface area contributed by atoms with Crippen molar-refractivity contribution >= 4 is 22.6 Å². The number of nitrogens with zero attached hydrogens (tertiary/aromatic N) is 1. The van der Waals surface area contributed by atoms with E-state index < -0.39 is 23.3 Å². The Hall–Kier alpha value is -2.18. The number of nitrogens with one attached hydrogen (secondary N) is 1. The molecule has 0 saturated carbocycles. The molecule has 6 heteroatoms. The van der Waals surface area contributed by atoms with Crippen molar-refractivity contribution < 1.29 is 24.7 Å². The van der Waals surface area contributed by atoms with Crippen LogP contribution in [0.15, 0.2) is 36.5 Å². The lowest BCUT2D eigenvalue weighted by atomic mass is 9.84.